The molecule has 0 aromatic rings. The van der Waals surface area contributed by atoms with Crippen LogP contribution in [0.3, 0.4) is 0 Å². The highest BCUT2D eigenvalue weighted by Gasteiger charge is 2.42. The molecule has 1 N–H and O–H groups in total. The van der Waals surface area contributed by atoms with Crippen LogP contribution in [0, 0.1) is 5.92 Å². The Balaban J connectivity index is 1.68. The minimum Gasteiger partial charge on any atom is -0.317 e. The summed E-state index contributed by atoms with van der Waals surface area (Å²) >= 11 is 0. The molecule has 1 heterocycles. The molecule has 2 aliphatic carbocycles. The van der Waals surface area contributed by atoms with Crippen molar-refractivity contribution >= 4 is 10.0 Å². The van der Waals surface area contributed by atoms with Crippen LogP contribution < -0.4 is 5.32 Å². The van der Waals surface area contributed by atoms with Gasteiger partial charge in [0.15, 0.2) is 0 Å². The van der Waals surface area contributed by atoms with Crippen LogP contribution in [-0.4, -0.2) is 43.6 Å². The van der Waals surface area contributed by atoms with Gasteiger partial charge in [0.2, 0.25) is 10.0 Å². The zero-order valence-electron chi connectivity index (χ0n) is 12.4. The molecule has 0 unspecified atom stereocenters. The predicted octanol–water partition coefficient (Wildman–Crippen LogP) is 2.11. The molecule has 20 heavy (non-hydrogen) atoms. The summed E-state index contributed by atoms with van der Waals surface area (Å²) in [6, 6.07) is 0.330. The second kappa shape index (κ2) is 6.32. The topological polar surface area (TPSA) is 49.4 Å². The smallest absolute Gasteiger partial charge is 0.217 e. The van der Waals surface area contributed by atoms with Crippen LogP contribution in [0.4, 0.5) is 0 Å². The van der Waals surface area contributed by atoms with Crippen molar-refractivity contribution in [1.82, 2.24) is 9.62 Å². The largest absolute Gasteiger partial charge is 0.317 e. The van der Waals surface area contributed by atoms with Crippen molar-refractivity contribution < 1.29 is 8.42 Å². The van der Waals surface area contributed by atoms with E-state index in [-0.39, 0.29) is 5.25 Å². The van der Waals surface area contributed by atoms with Crippen LogP contribution >= 0.6 is 0 Å². The Kier molecular flexibility index (Phi) is 4.68. The van der Waals surface area contributed by atoms with Gasteiger partial charge in [0.25, 0.3) is 0 Å². The lowest BCUT2D eigenvalue weighted by Gasteiger charge is -2.33. The quantitative estimate of drug-likeness (QED) is 0.846. The number of rotatable bonds is 5. The maximum Gasteiger partial charge on any atom is 0.217 e. The van der Waals surface area contributed by atoms with Gasteiger partial charge in [0.1, 0.15) is 0 Å². The number of nitrogens with one attached hydrogen (secondary N) is 1. The number of hydrogen-bond donors (Lipinski definition) is 1. The van der Waals surface area contributed by atoms with Crippen LogP contribution in [-0.2, 0) is 10.0 Å². The number of hydrogen-bond acceptors (Lipinski definition) is 3. The van der Waals surface area contributed by atoms with Gasteiger partial charge in [-0.1, -0.05) is 19.3 Å². The third-order valence-electron chi connectivity index (χ3n) is 5.15. The molecule has 116 valence electrons. The van der Waals surface area contributed by atoms with Crippen LogP contribution in [0.15, 0.2) is 0 Å². The van der Waals surface area contributed by atoms with Gasteiger partial charge < -0.3 is 5.32 Å². The molecule has 3 rings (SSSR count). The van der Waals surface area contributed by atoms with E-state index in [1.54, 1.807) is 0 Å². The Morgan fingerprint density at radius 2 is 1.55 bits per heavy atom. The summed E-state index contributed by atoms with van der Waals surface area (Å²) in [5.74, 6) is 0.565. The highest BCUT2D eigenvalue weighted by atomic mass is 32.2. The zero-order valence-corrected chi connectivity index (χ0v) is 13.2. The SMILES string of the molecule is O=S(=O)(C1CCCCC1)N(CC1CCNCC1)C1CC1. The second-order valence-corrected chi connectivity index (χ2v) is 8.96. The zero-order chi connectivity index (χ0) is 14.0. The third-order valence-corrected chi connectivity index (χ3v) is 7.57. The van der Waals surface area contributed by atoms with E-state index in [1.165, 1.54) is 6.42 Å². The molecule has 0 atom stereocenters. The van der Waals surface area contributed by atoms with Crippen LogP contribution in [0.2, 0.25) is 0 Å². The van der Waals surface area contributed by atoms with E-state index in [1.807, 2.05) is 4.31 Å². The number of piperidine rings is 1. The van der Waals surface area contributed by atoms with Gasteiger partial charge in [-0.3, -0.25) is 0 Å². The minimum atomic E-state index is -3.05. The fourth-order valence-corrected chi connectivity index (χ4v) is 6.05. The summed E-state index contributed by atoms with van der Waals surface area (Å²) in [7, 11) is -3.05. The normalized spacial score (nSPS) is 27.1. The van der Waals surface area contributed by atoms with Gasteiger partial charge in [-0.05, 0) is 57.5 Å². The summed E-state index contributed by atoms with van der Waals surface area (Å²) in [5.41, 5.74) is 0. The van der Waals surface area contributed by atoms with Gasteiger partial charge >= 0.3 is 0 Å². The lowest BCUT2D eigenvalue weighted by Crippen LogP contribution is -2.45. The Labute approximate surface area is 123 Å². The lowest BCUT2D eigenvalue weighted by atomic mass is 9.98. The molecule has 0 spiro atoms. The van der Waals surface area contributed by atoms with Gasteiger partial charge in [-0.25, -0.2) is 8.42 Å². The predicted molar refractivity (Wildman–Crippen MR) is 81.1 cm³/mol. The molecule has 0 aromatic heterocycles. The van der Waals surface area contributed by atoms with Crippen LogP contribution in [0.25, 0.3) is 0 Å². The highest BCUT2D eigenvalue weighted by Crippen LogP contribution is 2.35. The number of nitrogens with zero attached hydrogens (tertiary/aromatic N) is 1. The minimum absolute atomic E-state index is 0.0847. The Morgan fingerprint density at radius 3 is 2.15 bits per heavy atom. The highest BCUT2D eigenvalue weighted by molar-refractivity contribution is 7.89. The van der Waals surface area contributed by atoms with Crippen molar-refractivity contribution in [2.24, 2.45) is 5.92 Å². The van der Waals surface area contributed by atoms with E-state index >= 15 is 0 Å². The van der Waals surface area contributed by atoms with Gasteiger partial charge in [0.05, 0.1) is 5.25 Å². The molecule has 1 aliphatic heterocycles. The van der Waals surface area contributed by atoms with Gasteiger partial charge in [-0.2, -0.15) is 4.31 Å². The van der Waals surface area contributed by atoms with Crippen LogP contribution in [0.5, 0.6) is 0 Å². The number of sulfonamides is 1. The molecule has 3 aliphatic rings. The molecule has 0 aromatic carbocycles. The van der Waals surface area contributed by atoms with Crippen molar-refractivity contribution in [2.75, 3.05) is 19.6 Å². The van der Waals surface area contributed by atoms with Crippen molar-refractivity contribution in [3.8, 4) is 0 Å². The average molecular weight is 300 g/mol. The first kappa shape index (κ1) is 14.8. The molecule has 3 fully saturated rings. The van der Waals surface area contributed by atoms with Gasteiger partial charge in [-0.15, -0.1) is 0 Å². The molecule has 4 nitrogen and oxygen atoms in total. The summed E-state index contributed by atoms with van der Waals surface area (Å²) in [6.07, 6.45) is 9.59. The first-order valence-electron chi connectivity index (χ1n) is 8.39. The summed E-state index contributed by atoms with van der Waals surface area (Å²) in [4.78, 5) is 0. The van der Waals surface area contributed by atoms with Crippen molar-refractivity contribution in [3.05, 3.63) is 0 Å². The Bertz CT molecular complexity index is 408. The Morgan fingerprint density at radius 1 is 0.900 bits per heavy atom. The summed E-state index contributed by atoms with van der Waals surface area (Å²) in [5, 5.41) is 3.28. The van der Waals surface area contributed by atoms with Gasteiger partial charge in [0, 0.05) is 12.6 Å². The van der Waals surface area contributed by atoms with E-state index < -0.39 is 10.0 Å². The maximum atomic E-state index is 13.0. The molecule has 1 saturated heterocycles. The average Bonchev–Trinajstić information content (AvgIpc) is 3.31. The second-order valence-electron chi connectivity index (χ2n) is 6.80. The molecule has 5 heteroatoms. The molecule has 2 saturated carbocycles. The summed E-state index contributed by atoms with van der Waals surface area (Å²) < 4.78 is 27.8. The fourth-order valence-electron chi connectivity index (χ4n) is 3.70. The lowest BCUT2D eigenvalue weighted by molar-refractivity contribution is 0.279. The summed E-state index contributed by atoms with van der Waals surface area (Å²) in [6.45, 7) is 2.88. The van der Waals surface area contributed by atoms with E-state index in [0.29, 0.717) is 12.0 Å². The van der Waals surface area contributed by atoms with E-state index in [4.69, 9.17) is 0 Å². The first-order valence-corrected chi connectivity index (χ1v) is 9.89. The standard InChI is InChI=1S/C15H28N2O2S/c18-20(19,15-4-2-1-3-5-15)17(14-6-7-14)12-13-8-10-16-11-9-13/h13-16H,1-12H2. The molecule has 0 amide bonds. The van der Waals surface area contributed by atoms with E-state index in [2.05, 4.69) is 5.32 Å². The third kappa shape index (κ3) is 3.37. The fraction of sp³-hybridized carbons (Fsp3) is 1.00. The molecular weight excluding hydrogens is 272 g/mol. The van der Waals surface area contributed by atoms with E-state index in [9.17, 15) is 8.42 Å². The molecule has 0 radical (unpaired) electrons. The molecule has 0 bridgehead atoms. The van der Waals surface area contributed by atoms with Crippen molar-refractivity contribution in [2.45, 2.75) is 69.1 Å². The van der Waals surface area contributed by atoms with E-state index in [0.717, 1.165) is 71.0 Å². The van der Waals surface area contributed by atoms with Crippen molar-refractivity contribution in [1.29, 1.82) is 0 Å². The Hall–Kier alpha value is -0.130. The van der Waals surface area contributed by atoms with Crippen molar-refractivity contribution in [3.63, 3.8) is 0 Å². The first-order chi connectivity index (χ1) is 9.68. The maximum absolute atomic E-state index is 13.0. The van der Waals surface area contributed by atoms with Crippen LogP contribution in [0.1, 0.15) is 57.8 Å². The monoisotopic (exact) mass is 300 g/mol. The molecular formula is C15H28N2O2S.